The summed E-state index contributed by atoms with van der Waals surface area (Å²) < 4.78 is 38.0. The van der Waals surface area contributed by atoms with E-state index in [9.17, 15) is 13.2 Å². The van der Waals surface area contributed by atoms with Crippen LogP contribution in [0.4, 0.5) is 5.69 Å². The Morgan fingerprint density at radius 1 is 0.919 bits per heavy atom. The molecule has 0 aliphatic carbocycles. The number of carbonyl (C=O) groups excluding carboxylic acids is 1. The van der Waals surface area contributed by atoms with Gasteiger partial charge in [-0.1, -0.05) is 41.4 Å². The second kappa shape index (κ2) is 11.5. The lowest BCUT2D eigenvalue weighted by atomic mass is 10.1. The number of piperazine rings is 1. The van der Waals surface area contributed by atoms with Gasteiger partial charge in [-0.05, 0) is 36.8 Å². The zero-order valence-corrected chi connectivity index (χ0v) is 22.6. The van der Waals surface area contributed by atoms with E-state index in [1.165, 1.54) is 14.2 Å². The number of anilines is 1. The molecule has 1 saturated heterocycles. The number of ether oxygens (including phenoxy) is 2. The Labute approximate surface area is 222 Å². The second-order valence-corrected chi connectivity index (χ2v) is 11.2. The molecule has 0 aromatic heterocycles. The van der Waals surface area contributed by atoms with Crippen molar-refractivity contribution in [3.8, 4) is 11.5 Å². The lowest BCUT2D eigenvalue weighted by Gasteiger charge is -2.34. The van der Waals surface area contributed by atoms with Crippen molar-refractivity contribution in [2.45, 2.75) is 18.4 Å². The summed E-state index contributed by atoms with van der Waals surface area (Å²) in [7, 11) is -0.489. The van der Waals surface area contributed by atoms with Gasteiger partial charge in [0, 0.05) is 50.4 Å². The number of nitrogens with zero attached hydrogens (tertiary/aromatic N) is 2. The molecule has 0 unspecified atom stereocenters. The first-order valence-electron chi connectivity index (χ1n) is 11.8. The molecule has 1 amide bonds. The van der Waals surface area contributed by atoms with Gasteiger partial charge in [-0.3, -0.25) is 9.69 Å². The number of hydrogen-bond acceptors (Lipinski definition) is 6. The van der Waals surface area contributed by atoms with Crippen LogP contribution in [0, 0.1) is 6.92 Å². The smallest absolute Gasteiger partial charge is 0.255 e. The predicted octanol–water partition coefficient (Wildman–Crippen LogP) is 4.42. The van der Waals surface area contributed by atoms with Crippen molar-refractivity contribution < 1.29 is 22.7 Å². The summed E-state index contributed by atoms with van der Waals surface area (Å²) in [5, 5.41) is 3.23. The Bertz CT molecular complexity index is 1350. The number of rotatable bonds is 8. The van der Waals surface area contributed by atoms with Gasteiger partial charge in [0.25, 0.3) is 5.91 Å². The molecule has 37 heavy (non-hydrogen) atoms. The average Bonchev–Trinajstić information content (AvgIpc) is 2.90. The molecule has 0 radical (unpaired) electrons. The number of nitrogens with one attached hydrogen (secondary N) is 1. The van der Waals surface area contributed by atoms with Crippen LogP contribution in [-0.2, 0) is 16.6 Å². The largest absolute Gasteiger partial charge is 0.495 e. The Balaban J connectivity index is 1.34. The van der Waals surface area contributed by atoms with Crippen LogP contribution in [-0.4, -0.2) is 63.9 Å². The summed E-state index contributed by atoms with van der Waals surface area (Å²) in [5.41, 5.74) is 3.01. The third kappa shape index (κ3) is 6.24. The van der Waals surface area contributed by atoms with Crippen molar-refractivity contribution in [1.82, 2.24) is 9.21 Å². The van der Waals surface area contributed by atoms with Gasteiger partial charge in [0.1, 0.15) is 11.5 Å². The molecule has 1 fully saturated rings. The standard InChI is InChI=1S/C27H30ClN3O5S/c1-19-4-10-22(11-5-19)37(33,34)31-14-12-30(13-15-31)18-20-6-8-21(9-7-20)27(32)29-24-17-25(35-2)23(28)16-26(24)36-3/h4-11,16-17H,12-15,18H2,1-3H3,(H,29,32). The molecular weight excluding hydrogens is 514 g/mol. The summed E-state index contributed by atoms with van der Waals surface area (Å²) in [4.78, 5) is 15.4. The van der Waals surface area contributed by atoms with Crippen molar-refractivity contribution in [2.24, 2.45) is 0 Å². The van der Waals surface area contributed by atoms with E-state index >= 15 is 0 Å². The number of hydrogen-bond donors (Lipinski definition) is 1. The fourth-order valence-corrected chi connectivity index (χ4v) is 5.81. The Morgan fingerprint density at radius 2 is 1.54 bits per heavy atom. The Hall–Kier alpha value is -3.11. The highest BCUT2D eigenvalue weighted by molar-refractivity contribution is 7.89. The van der Waals surface area contributed by atoms with Crippen LogP contribution in [0.15, 0.2) is 65.6 Å². The third-order valence-electron chi connectivity index (χ3n) is 6.33. The van der Waals surface area contributed by atoms with E-state index in [1.807, 2.05) is 31.2 Å². The zero-order chi connectivity index (χ0) is 26.6. The molecule has 0 saturated carbocycles. The molecule has 1 aliphatic heterocycles. The topological polar surface area (TPSA) is 88.2 Å². The summed E-state index contributed by atoms with van der Waals surface area (Å²) in [5.74, 6) is 0.573. The van der Waals surface area contributed by atoms with E-state index in [1.54, 1.807) is 40.7 Å². The van der Waals surface area contributed by atoms with E-state index in [4.69, 9.17) is 21.1 Å². The molecule has 0 bridgehead atoms. The van der Waals surface area contributed by atoms with Gasteiger partial charge in [0.15, 0.2) is 0 Å². The number of sulfonamides is 1. The van der Waals surface area contributed by atoms with Gasteiger partial charge in [0.2, 0.25) is 10.0 Å². The number of halogens is 1. The minimum atomic E-state index is -3.49. The molecule has 3 aromatic carbocycles. The van der Waals surface area contributed by atoms with Crippen LogP contribution in [0.5, 0.6) is 11.5 Å². The zero-order valence-electron chi connectivity index (χ0n) is 21.0. The van der Waals surface area contributed by atoms with Gasteiger partial charge in [-0.15, -0.1) is 0 Å². The fourth-order valence-electron chi connectivity index (χ4n) is 4.16. The molecule has 3 aromatic rings. The molecule has 1 heterocycles. The van der Waals surface area contributed by atoms with Crippen molar-refractivity contribution in [1.29, 1.82) is 0 Å². The van der Waals surface area contributed by atoms with Crippen LogP contribution in [0.3, 0.4) is 0 Å². The molecule has 1 N–H and O–H groups in total. The molecule has 8 nitrogen and oxygen atoms in total. The molecule has 0 spiro atoms. The molecule has 10 heteroatoms. The number of aryl methyl sites for hydroxylation is 1. The highest BCUT2D eigenvalue weighted by Gasteiger charge is 2.28. The average molecular weight is 544 g/mol. The van der Waals surface area contributed by atoms with Gasteiger partial charge < -0.3 is 14.8 Å². The predicted molar refractivity (Wildman–Crippen MR) is 144 cm³/mol. The third-order valence-corrected chi connectivity index (χ3v) is 8.54. The van der Waals surface area contributed by atoms with E-state index in [0.29, 0.717) is 65.4 Å². The Morgan fingerprint density at radius 3 is 2.14 bits per heavy atom. The molecular formula is C27H30ClN3O5S. The van der Waals surface area contributed by atoms with E-state index in [0.717, 1.165) is 11.1 Å². The second-order valence-electron chi connectivity index (χ2n) is 8.83. The SMILES string of the molecule is COc1cc(NC(=O)c2ccc(CN3CCN(S(=O)(=O)c4ccc(C)cc4)CC3)cc2)c(OC)cc1Cl. The summed E-state index contributed by atoms with van der Waals surface area (Å²) in [6, 6.07) is 17.5. The molecule has 1 aliphatic rings. The van der Waals surface area contributed by atoms with Gasteiger partial charge in [-0.2, -0.15) is 4.31 Å². The Kier molecular flexibility index (Phi) is 8.39. The number of methoxy groups -OCH3 is 2. The maximum Gasteiger partial charge on any atom is 0.255 e. The van der Waals surface area contributed by atoms with Crippen LogP contribution in [0.25, 0.3) is 0 Å². The van der Waals surface area contributed by atoms with Gasteiger partial charge in [-0.25, -0.2) is 8.42 Å². The van der Waals surface area contributed by atoms with Crippen molar-refractivity contribution in [2.75, 3.05) is 45.7 Å². The van der Waals surface area contributed by atoms with Crippen molar-refractivity contribution in [3.05, 3.63) is 82.4 Å². The van der Waals surface area contributed by atoms with E-state index in [2.05, 4.69) is 10.2 Å². The molecule has 0 atom stereocenters. The van der Waals surface area contributed by atoms with Gasteiger partial charge in [0.05, 0.1) is 29.8 Å². The monoisotopic (exact) mass is 543 g/mol. The lowest BCUT2D eigenvalue weighted by Crippen LogP contribution is -2.48. The normalized spacial score (nSPS) is 14.8. The van der Waals surface area contributed by atoms with E-state index < -0.39 is 10.0 Å². The maximum atomic E-state index is 12.9. The minimum Gasteiger partial charge on any atom is -0.495 e. The number of benzene rings is 3. The number of amides is 1. The van der Waals surface area contributed by atoms with Crippen molar-refractivity contribution in [3.63, 3.8) is 0 Å². The van der Waals surface area contributed by atoms with Crippen molar-refractivity contribution >= 4 is 33.2 Å². The highest BCUT2D eigenvalue weighted by atomic mass is 35.5. The summed E-state index contributed by atoms with van der Waals surface area (Å²) >= 11 is 6.14. The first-order chi connectivity index (χ1) is 17.7. The van der Waals surface area contributed by atoms with Crippen LogP contribution in [0.2, 0.25) is 5.02 Å². The van der Waals surface area contributed by atoms with Crippen LogP contribution >= 0.6 is 11.6 Å². The molecule has 4 rings (SSSR count). The summed E-state index contributed by atoms with van der Waals surface area (Å²) in [6.45, 7) is 4.73. The molecule has 196 valence electrons. The highest BCUT2D eigenvalue weighted by Crippen LogP contribution is 2.36. The van der Waals surface area contributed by atoms with Crippen LogP contribution < -0.4 is 14.8 Å². The first-order valence-corrected chi connectivity index (χ1v) is 13.6. The maximum absolute atomic E-state index is 12.9. The fraction of sp³-hybridized carbons (Fsp3) is 0.296. The first kappa shape index (κ1) is 26.9. The number of carbonyl (C=O) groups is 1. The van der Waals surface area contributed by atoms with Crippen LogP contribution in [0.1, 0.15) is 21.5 Å². The van der Waals surface area contributed by atoms with Gasteiger partial charge >= 0.3 is 0 Å². The lowest BCUT2D eigenvalue weighted by molar-refractivity contribution is 0.102. The quantitative estimate of drug-likeness (QED) is 0.452. The van der Waals surface area contributed by atoms with E-state index in [-0.39, 0.29) is 5.91 Å². The minimum absolute atomic E-state index is 0.288. The summed E-state index contributed by atoms with van der Waals surface area (Å²) in [6.07, 6.45) is 0.